The van der Waals surface area contributed by atoms with Crippen molar-refractivity contribution in [2.75, 3.05) is 26.9 Å². The average molecular weight is 215 g/mol. The molecular weight excluding hydrogens is 190 g/mol. The SMILES string of the molecule is CCOCCOC1CC(C)CCC1NC. The fourth-order valence-corrected chi connectivity index (χ4v) is 2.25. The van der Waals surface area contributed by atoms with Gasteiger partial charge >= 0.3 is 0 Å². The van der Waals surface area contributed by atoms with E-state index in [2.05, 4.69) is 12.2 Å². The Balaban J connectivity index is 2.22. The van der Waals surface area contributed by atoms with Crippen LogP contribution in [0, 0.1) is 5.92 Å². The molecule has 1 aliphatic carbocycles. The molecule has 1 fully saturated rings. The lowest BCUT2D eigenvalue weighted by atomic mass is 9.85. The molecule has 1 N–H and O–H groups in total. The predicted octanol–water partition coefficient (Wildman–Crippen LogP) is 1.82. The van der Waals surface area contributed by atoms with Gasteiger partial charge in [0.05, 0.1) is 19.3 Å². The van der Waals surface area contributed by atoms with Crippen LogP contribution in [0.3, 0.4) is 0 Å². The third-order valence-electron chi connectivity index (χ3n) is 3.19. The van der Waals surface area contributed by atoms with Crippen molar-refractivity contribution in [3.8, 4) is 0 Å². The Hall–Kier alpha value is -0.120. The molecule has 1 saturated carbocycles. The summed E-state index contributed by atoms with van der Waals surface area (Å²) in [6.07, 6.45) is 4.10. The molecule has 3 heteroatoms. The Morgan fingerprint density at radius 1 is 1.27 bits per heavy atom. The fraction of sp³-hybridized carbons (Fsp3) is 1.00. The molecule has 3 unspecified atom stereocenters. The highest BCUT2D eigenvalue weighted by Gasteiger charge is 2.27. The second-order valence-electron chi connectivity index (χ2n) is 4.42. The number of hydrogen-bond donors (Lipinski definition) is 1. The van der Waals surface area contributed by atoms with Crippen molar-refractivity contribution >= 4 is 0 Å². The molecule has 3 nitrogen and oxygen atoms in total. The molecule has 0 bridgehead atoms. The van der Waals surface area contributed by atoms with Crippen LogP contribution in [0.15, 0.2) is 0 Å². The molecule has 0 aromatic carbocycles. The summed E-state index contributed by atoms with van der Waals surface area (Å²) in [6.45, 7) is 6.55. The number of likely N-dealkylation sites (N-methyl/N-ethyl adjacent to an activating group) is 1. The van der Waals surface area contributed by atoms with Gasteiger partial charge in [0, 0.05) is 12.6 Å². The molecule has 1 aliphatic rings. The third-order valence-corrected chi connectivity index (χ3v) is 3.19. The molecule has 0 aliphatic heterocycles. The normalized spacial score (nSPS) is 31.8. The number of rotatable bonds is 6. The van der Waals surface area contributed by atoms with Gasteiger partial charge in [-0.2, -0.15) is 0 Å². The Morgan fingerprint density at radius 2 is 2.07 bits per heavy atom. The summed E-state index contributed by atoms with van der Waals surface area (Å²) in [4.78, 5) is 0. The van der Waals surface area contributed by atoms with E-state index in [0.717, 1.165) is 25.7 Å². The lowest BCUT2D eigenvalue weighted by Gasteiger charge is -2.34. The minimum Gasteiger partial charge on any atom is -0.379 e. The van der Waals surface area contributed by atoms with Gasteiger partial charge in [0.15, 0.2) is 0 Å². The van der Waals surface area contributed by atoms with E-state index in [1.807, 2.05) is 14.0 Å². The zero-order valence-corrected chi connectivity index (χ0v) is 10.3. The van der Waals surface area contributed by atoms with Gasteiger partial charge in [0.1, 0.15) is 0 Å². The van der Waals surface area contributed by atoms with Crippen molar-refractivity contribution in [1.29, 1.82) is 0 Å². The Morgan fingerprint density at radius 3 is 2.73 bits per heavy atom. The lowest BCUT2D eigenvalue weighted by molar-refractivity contribution is -0.0315. The highest BCUT2D eigenvalue weighted by Crippen LogP contribution is 2.26. The van der Waals surface area contributed by atoms with E-state index in [1.165, 1.54) is 19.3 Å². The number of nitrogens with one attached hydrogen (secondary N) is 1. The standard InChI is InChI=1S/C12H25NO2/c1-4-14-7-8-15-12-9-10(2)5-6-11(12)13-3/h10-13H,4-9H2,1-3H3. The smallest absolute Gasteiger partial charge is 0.0731 e. The first-order valence-electron chi connectivity index (χ1n) is 6.14. The second kappa shape index (κ2) is 7.20. The maximum Gasteiger partial charge on any atom is 0.0731 e. The predicted molar refractivity (Wildman–Crippen MR) is 62.1 cm³/mol. The highest BCUT2D eigenvalue weighted by molar-refractivity contribution is 4.83. The number of hydrogen-bond acceptors (Lipinski definition) is 3. The van der Waals surface area contributed by atoms with Crippen molar-refractivity contribution in [2.45, 2.75) is 45.3 Å². The van der Waals surface area contributed by atoms with Gasteiger partial charge in [-0.15, -0.1) is 0 Å². The van der Waals surface area contributed by atoms with Gasteiger partial charge in [0.25, 0.3) is 0 Å². The van der Waals surface area contributed by atoms with Crippen LogP contribution in [0.5, 0.6) is 0 Å². The van der Waals surface area contributed by atoms with E-state index in [4.69, 9.17) is 9.47 Å². The first kappa shape index (κ1) is 12.9. The summed E-state index contributed by atoms with van der Waals surface area (Å²) >= 11 is 0. The molecule has 15 heavy (non-hydrogen) atoms. The van der Waals surface area contributed by atoms with Gasteiger partial charge in [-0.3, -0.25) is 0 Å². The maximum absolute atomic E-state index is 5.87. The first-order chi connectivity index (χ1) is 7.27. The molecule has 1 rings (SSSR count). The van der Waals surface area contributed by atoms with Gasteiger partial charge in [0.2, 0.25) is 0 Å². The first-order valence-corrected chi connectivity index (χ1v) is 6.14. The molecule has 0 aromatic rings. The summed E-state index contributed by atoms with van der Waals surface area (Å²) in [6, 6.07) is 0.530. The van der Waals surface area contributed by atoms with Crippen molar-refractivity contribution in [1.82, 2.24) is 5.32 Å². The number of ether oxygens (including phenoxy) is 2. The van der Waals surface area contributed by atoms with Gasteiger partial charge in [-0.25, -0.2) is 0 Å². The van der Waals surface area contributed by atoms with Crippen LogP contribution >= 0.6 is 0 Å². The quantitative estimate of drug-likeness (QED) is 0.686. The summed E-state index contributed by atoms with van der Waals surface area (Å²) in [7, 11) is 2.03. The maximum atomic E-state index is 5.87. The van der Waals surface area contributed by atoms with E-state index < -0.39 is 0 Å². The van der Waals surface area contributed by atoms with Gasteiger partial charge in [-0.1, -0.05) is 6.92 Å². The van der Waals surface area contributed by atoms with Crippen LogP contribution in [0.1, 0.15) is 33.1 Å². The highest BCUT2D eigenvalue weighted by atomic mass is 16.5. The van der Waals surface area contributed by atoms with E-state index in [1.54, 1.807) is 0 Å². The largest absolute Gasteiger partial charge is 0.379 e. The minimum absolute atomic E-state index is 0.374. The summed E-state index contributed by atoms with van der Waals surface area (Å²) in [5, 5.41) is 3.35. The van der Waals surface area contributed by atoms with Gasteiger partial charge in [-0.05, 0) is 39.2 Å². The minimum atomic E-state index is 0.374. The fourth-order valence-electron chi connectivity index (χ4n) is 2.25. The molecule has 0 aromatic heterocycles. The zero-order valence-electron chi connectivity index (χ0n) is 10.3. The third kappa shape index (κ3) is 4.49. The van der Waals surface area contributed by atoms with Crippen LogP contribution in [0.4, 0.5) is 0 Å². The second-order valence-corrected chi connectivity index (χ2v) is 4.42. The van der Waals surface area contributed by atoms with E-state index in [0.29, 0.717) is 12.1 Å². The zero-order chi connectivity index (χ0) is 11.1. The molecule has 0 radical (unpaired) electrons. The lowest BCUT2D eigenvalue weighted by Crippen LogP contribution is -2.44. The molecular formula is C12H25NO2. The Bertz CT molecular complexity index is 164. The van der Waals surface area contributed by atoms with E-state index in [9.17, 15) is 0 Å². The van der Waals surface area contributed by atoms with E-state index >= 15 is 0 Å². The van der Waals surface area contributed by atoms with Crippen molar-refractivity contribution in [3.05, 3.63) is 0 Å². The Labute approximate surface area is 93.5 Å². The molecule has 0 heterocycles. The van der Waals surface area contributed by atoms with Crippen molar-refractivity contribution < 1.29 is 9.47 Å². The molecule has 0 saturated heterocycles. The monoisotopic (exact) mass is 215 g/mol. The van der Waals surface area contributed by atoms with Crippen LogP contribution in [-0.4, -0.2) is 39.0 Å². The summed E-state index contributed by atoms with van der Waals surface area (Å²) in [5.41, 5.74) is 0. The Kier molecular flexibility index (Phi) is 6.22. The van der Waals surface area contributed by atoms with Crippen LogP contribution in [-0.2, 0) is 9.47 Å². The van der Waals surface area contributed by atoms with Gasteiger partial charge < -0.3 is 14.8 Å². The molecule has 3 atom stereocenters. The topological polar surface area (TPSA) is 30.5 Å². The van der Waals surface area contributed by atoms with Crippen LogP contribution in [0.25, 0.3) is 0 Å². The van der Waals surface area contributed by atoms with Crippen molar-refractivity contribution in [3.63, 3.8) is 0 Å². The van der Waals surface area contributed by atoms with E-state index in [-0.39, 0.29) is 0 Å². The summed E-state index contributed by atoms with van der Waals surface area (Å²) < 4.78 is 11.1. The molecule has 0 amide bonds. The van der Waals surface area contributed by atoms with Crippen LogP contribution < -0.4 is 5.32 Å². The summed E-state index contributed by atoms with van der Waals surface area (Å²) in [5.74, 6) is 0.798. The average Bonchev–Trinajstić information content (AvgIpc) is 2.25. The van der Waals surface area contributed by atoms with Crippen LogP contribution in [0.2, 0.25) is 0 Å². The van der Waals surface area contributed by atoms with Crippen molar-refractivity contribution in [2.24, 2.45) is 5.92 Å². The molecule has 90 valence electrons. The molecule has 0 spiro atoms.